The molecule has 0 fully saturated rings. The van der Waals surface area contributed by atoms with Crippen LogP contribution in [0.1, 0.15) is 23.2 Å². The number of hydrogen-bond donors (Lipinski definition) is 1. The molecule has 0 aromatic heterocycles. The van der Waals surface area contributed by atoms with Crippen molar-refractivity contribution in [3.8, 4) is 0 Å². The summed E-state index contributed by atoms with van der Waals surface area (Å²) in [7, 11) is 1.90. The molecule has 13 heavy (non-hydrogen) atoms. The first-order chi connectivity index (χ1) is 6.34. The molecule has 2 heteroatoms. The molecule has 70 valence electrons. The van der Waals surface area contributed by atoms with Crippen molar-refractivity contribution in [1.29, 1.82) is 0 Å². The third-order valence-electron chi connectivity index (χ3n) is 1.93. The van der Waals surface area contributed by atoms with E-state index in [4.69, 9.17) is 0 Å². The third-order valence-corrected chi connectivity index (χ3v) is 1.93. The van der Waals surface area contributed by atoms with E-state index in [2.05, 4.69) is 5.32 Å². The second kappa shape index (κ2) is 5.49. The van der Waals surface area contributed by atoms with Crippen molar-refractivity contribution in [2.75, 3.05) is 13.6 Å². The molecule has 0 amide bonds. The minimum absolute atomic E-state index is 0.232. The Bertz CT molecular complexity index is 256. The summed E-state index contributed by atoms with van der Waals surface area (Å²) in [6, 6.07) is 9.43. The van der Waals surface area contributed by atoms with Crippen LogP contribution in [-0.2, 0) is 0 Å². The molecule has 1 rings (SSSR count). The van der Waals surface area contributed by atoms with E-state index in [9.17, 15) is 4.79 Å². The number of benzene rings is 1. The first-order valence-corrected chi connectivity index (χ1v) is 4.57. The van der Waals surface area contributed by atoms with Gasteiger partial charge in [0.2, 0.25) is 0 Å². The molecule has 0 heterocycles. The second-order valence-electron chi connectivity index (χ2n) is 3.00. The number of carbonyl (C=O) groups excluding carboxylic acids is 1. The highest BCUT2D eigenvalue weighted by atomic mass is 16.1. The zero-order valence-electron chi connectivity index (χ0n) is 7.92. The van der Waals surface area contributed by atoms with Crippen molar-refractivity contribution in [2.24, 2.45) is 0 Å². The Morgan fingerprint density at radius 2 is 2.00 bits per heavy atom. The first kappa shape index (κ1) is 9.93. The Morgan fingerprint density at radius 1 is 1.31 bits per heavy atom. The summed E-state index contributed by atoms with van der Waals surface area (Å²) in [6.07, 6.45) is 1.54. The van der Waals surface area contributed by atoms with Crippen LogP contribution in [0.4, 0.5) is 0 Å². The van der Waals surface area contributed by atoms with E-state index in [1.807, 2.05) is 37.4 Å². The number of hydrogen-bond acceptors (Lipinski definition) is 2. The smallest absolute Gasteiger partial charge is 0.162 e. The van der Waals surface area contributed by atoms with Gasteiger partial charge in [0, 0.05) is 12.0 Å². The number of ketones is 1. The highest BCUT2D eigenvalue weighted by Crippen LogP contribution is 2.04. The van der Waals surface area contributed by atoms with Gasteiger partial charge in [-0.15, -0.1) is 0 Å². The fourth-order valence-corrected chi connectivity index (χ4v) is 1.19. The van der Waals surface area contributed by atoms with Gasteiger partial charge in [0.15, 0.2) is 5.78 Å². The number of nitrogens with one attached hydrogen (secondary N) is 1. The maximum absolute atomic E-state index is 11.5. The van der Waals surface area contributed by atoms with Crippen LogP contribution >= 0.6 is 0 Å². The van der Waals surface area contributed by atoms with Gasteiger partial charge < -0.3 is 5.32 Å². The molecule has 0 bridgehead atoms. The van der Waals surface area contributed by atoms with Gasteiger partial charge in [-0.3, -0.25) is 4.79 Å². The maximum atomic E-state index is 11.5. The van der Waals surface area contributed by atoms with E-state index in [0.29, 0.717) is 6.42 Å². The van der Waals surface area contributed by atoms with Crippen LogP contribution < -0.4 is 5.32 Å². The van der Waals surface area contributed by atoms with Gasteiger partial charge >= 0.3 is 0 Å². The van der Waals surface area contributed by atoms with Crippen molar-refractivity contribution in [1.82, 2.24) is 5.32 Å². The SMILES string of the molecule is CNCCCC(=O)c1ccccc1. The van der Waals surface area contributed by atoms with E-state index in [0.717, 1.165) is 18.5 Å². The average molecular weight is 177 g/mol. The van der Waals surface area contributed by atoms with Crippen molar-refractivity contribution < 1.29 is 4.79 Å². The Morgan fingerprint density at radius 3 is 2.62 bits per heavy atom. The maximum Gasteiger partial charge on any atom is 0.162 e. The van der Waals surface area contributed by atoms with Crippen molar-refractivity contribution in [3.05, 3.63) is 35.9 Å². The Labute approximate surface area is 79.0 Å². The molecule has 0 aliphatic heterocycles. The molecule has 1 N–H and O–H groups in total. The summed E-state index contributed by atoms with van der Waals surface area (Å²) in [6.45, 7) is 0.901. The van der Waals surface area contributed by atoms with Crippen LogP contribution in [0.15, 0.2) is 30.3 Å². The Balaban J connectivity index is 2.40. The van der Waals surface area contributed by atoms with E-state index in [-0.39, 0.29) is 5.78 Å². The zero-order valence-corrected chi connectivity index (χ0v) is 7.92. The lowest BCUT2D eigenvalue weighted by Crippen LogP contribution is -2.09. The second-order valence-corrected chi connectivity index (χ2v) is 3.00. The molecule has 2 nitrogen and oxygen atoms in total. The molecular formula is C11H15NO. The predicted molar refractivity (Wildman–Crippen MR) is 53.9 cm³/mol. The molecule has 0 spiro atoms. The summed E-state index contributed by atoms with van der Waals surface area (Å²) in [5.41, 5.74) is 0.818. The van der Waals surface area contributed by atoms with Crippen LogP contribution in [-0.4, -0.2) is 19.4 Å². The molecule has 0 unspecified atom stereocenters. The lowest BCUT2D eigenvalue weighted by Gasteiger charge is -1.99. The summed E-state index contributed by atoms with van der Waals surface area (Å²) in [5, 5.41) is 3.02. The normalized spacial score (nSPS) is 9.92. The van der Waals surface area contributed by atoms with Crippen LogP contribution in [0.5, 0.6) is 0 Å². The lowest BCUT2D eigenvalue weighted by molar-refractivity contribution is 0.0980. The van der Waals surface area contributed by atoms with Crippen LogP contribution in [0.2, 0.25) is 0 Å². The molecule has 0 aliphatic rings. The first-order valence-electron chi connectivity index (χ1n) is 4.57. The minimum Gasteiger partial charge on any atom is -0.320 e. The van der Waals surface area contributed by atoms with E-state index < -0.39 is 0 Å². The standard InChI is InChI=1S/C11H15NO/c1-12-9-5-8-11(13)10-6-3-2-4-7-10/h2-4,6-7,12H,5,8-9H2,1H3. The quantitative estimate of drug-likeness (QED) is 0.549. The molecule has 0 saturated heterocycles. The Hall–Kier alpha value is -1.15. The van der Waals surface area contributed by atoms with E-state index in [1.165, 1.54) is 0 Å². The summed E-state index contributed by atoms with van der Waals surface area (Å²) >= 11 is 0. The van der Waals surface area contributed by atoms with E-state index in [1.54, 1.807) is 0 Å². The zero-order chi connectivity index (χ0) is 9.52. The van der Waals surface area contributed by atoms with Gasteiger partial charge in [0.1, 0.15) is 0 Å². The topological polar surface area (TPSA) is 29.1 Å². The van der Waals surface area contributed by atoms with Gasteiger partial charge in [-0.2, -0.15) is 0 Å². The van der Waals surface area contributed by atoms with Gasteiger partial charge in [-0.1, -0.05) is 30.3 Å². The predicted octanol–water partition coefficient (Wildman–Crippen LogP) is 1.87. The van der Waals surface area contributed by atoms with Gasteiger partial charge in [-0.05, 0) is 20.0 Å². The molecule has 0 radical (unpaired) electrons. The largest absolute Gasteiger partial charge is 0.320 e. The number of rotatable bonds is 5. The van der Waals surface area contributed by atoms with Crippen molar-refractivity contribution >= 4 is 5.78 Å². The molecule has 1 aromatic carbocycles. The molecule has 1 aromatic rings. The fourth-order valence-electron chi connectivity index (χ4n) is 1.19. The molecule has 0 saturated carbocycles. The summed E-state index contributed by atoms with van der Waals surface area (Å²) in [4.78, 5) is 11.5. The highest BCUT2D eigenvalue weighted by molar-refractivity contribution is 5.95. The summed E-state index contributed by atoms with van der Waals surface area (Å²) < 4.78 is 0. The average Bonchev–Trinajstić information content (AvgIpc) is 2.19. The monoisotopic (exact) mass is 177 g/mol. The van der Waals surface area contributed by atoms with E-state index >= 15 is 0 Å². The van der Waals surface area contributed by atoms with Crippen molar-refractivity contribution in [2.45, 2.75) is 12.8 Å². The third kappa shape index (κ3) is 3.38. The molecular weight excluding hydrogens is 162 g/mol. The van der Waals surface area contributed by atoms with Gasteiger partial charge in [-0.25, -0.2) is 0 Å². The Kier molecular flexibility index (Phi) is 4.19. The van der Waals surface area contributed by atoms with Crippen LogP contribution in [0, 0.1) is 0 Å². The number of carbonyl (C=O) groups is 1. The highest BCUT2D eigenvalue weighted by Gasteiger charge is 2.02. The fraction of sp³-hybridized carbons (Fsp3) is 0.364. The van der Waals surface area contributed by atoms with Crippen molar-refractivity contribution in [3.63, 3.8) is 0 Å². The van der Waals surface area contributed by atoms with Crippen LogP contribution in [0.3, 0.4) is 0 Å². The van der Waals surface area contributed by atoms with Crippen LogP contribution in [0.25, 0.3) is 0 Å². The molecule has 0 atom stereocenters. The van der Waals surface area contributed by atoms with Gasteiger partial charge in [0.05, 0.1) is 0 Å². The number of Topliss-reactive ketones (excluding diaryl/α,β-unsaturated/α-hetero) is 1. The lowest BCUT2D eigenvalue weighted by atomic mass is 10.1. The summed E-state index contributed by atoms with van der Waals surface area (Å²) in [5.74, 6) is 0.232. The van der Waals surface area contributed by atoms with Gasteiger partial charge in [0.25, 0.3) is 0 Å². The molecule has 0 aliphatic carbocycles. The minimum atomic E-state index is 0.232.